The molecule has 2 unspecified atom stereocenters. The summed E-state index contributed by atoms with van der Waals surface area (Å²) in [4.78, 5) is 0. The topological polar surface area (TPSA) is 23.9 Å². The maximum Gasteiger partial charge on any atom is 0.108 e. The number of hydrogen-bond acceptors (Lipinski definition) is 1. The van der Waals surface area contributed by atoms with E-state index in [0.29, 0.717) is 12.1 Å². The highest BCUT2D eigenvalue weighted by Crippen LogP contribution is 2.14. The van der Waals surface area contributed by atoms with Crippen LogP contribution >= 0.6 is 0 Å². The Balaban J connectivity index is 3.61. The molecule has 0 aromatic rings. The number of halogens is 1. The molecule has 0 saturated carbocycles. The number of hydrogen-bond donors (Lipinski definition) is 1. The third-order valence-corrected chi connectivity index (χ3v) is 1.76. The number of rotatable bonds is 4. The molecule has 2 heteroatoms. The maximum absolute atomic E-state index is 12.9. The van der Waals surface area contributed by atoms with Crippen molar-refractivity contribution in [3.05, 3.63) is 0 Å². The first-order chi connectivity index (χ1) is 4.57. The summed E-state index contributed by atoms with van der Waals surface area (Å²) in [6.45, 7) is 5.50. The monoisotopic (exact) mass is 145 g/mol. The van der Waals surface area contributed by atoms with Gasteiger partial charge in [0.15, 0.2) is 0 Å². The molecule has 0 amide bonds. The Hall–Kier alpha value is -0.400. The van der Waals surface area contributed by atoms with Crippen LogP contribution in [0, 0.1) is 11.3 Å². The van der Waals surface area contributed by atoms with Crippen LogP contribution in [0.25, 0.3) is 0 Å². The standard InChI is InChI=1S/C8H16FN/c1-4-6(2)8(9)5-7(3)10/h6,8,10H,4-5H2,1-3H3. The molecule has 0 aromatic heterocycles. The van der Waals surface area contributed by atoms with Gasteiger partial charge in [-0.05, 0) is 12.8 Å². The predicted octanol–water partition coefficient (Wildman–Crippen LogP) is 2.80. The summed E-state index contributed by atoms with van der Waals surface area (Å²) < 4.78 is 12.9. The minimum Gasteiger partial charge on any atom is -0.310 e. The Morgan fingerprint density at radius 2 is 2.10 bits per heavy atom. The van der Waals surface area contributed by atoms with E-state index in [2.05, 4.69) is 0 Å². The van der Waals surface area contributed by atoms with Crippen molar-refractivity contribution in [3.63, 3.8) is 0 Å². The van der Waals surface area contributed by atoms with Gasteiger partial charge in [0, 0.05) is 12.1 Å². The molecule has 0 radical (unpaired) electrons. The molecule has 10 heavy (non-hydrogen) atoms. The van der Waals surface area contributed by atoms with Gasteiger partial charge in [-0.25, -0.2) is 4.39 Å². The molecule has 0 heterocycles. The van der Waals surface area contributed by atoms with Gasteiger partial charge in [0.2, 0.25) is 0 Å². The first kappa shape index (κ1) is 9.60. The van der Waals surface area contributed by atoms with Crippen LogP contribution in [0.5, 0.6) is 0 Å². The van der Waals surface area contributed by atoms with Gasteiger partial charge in [-0.3, -0.25) is 0 Å². The molecule has 0 aromatic carbocycles. The lowest BCUT2D eigenvalue weighted by atomic mass is 9.99. The van der Waals surface area contributed by atoms with Gasteiger partial charge in [0.05, 0.1) is 0 Å². The highest BCUT2D eigenvalue weighted by molar-refractivity contribution is 5.78. The van der Waals surface area contributed by atoms with E-state index in [1.165, 1.54) is 0 Å². The second kappa shape index (κ2) is 4.42. The molecule has 0 bridgehead atoms. The second-order valence-corrected chi connectivity index (χ2v) is 2.89. The number of nitrogens with one attached hydrogen (secondary N) is 1. The van der Waals surface area contributed by atoms with Gasteiger partial charge < -0.3 is 5.41 Å². The summed E-state index contributed by atoms with van der Waals surface area (Å²) in [6.07, 6.45) is 0.339. The third kappa shape index (κ3) is 3.59. The largest absolute Gasteiger partial charge is 0.310 e. The zero-order valence-corrected chi connectivity index (χ0v) is 6.95. The van der Waals surface area contributed by atoms with Crippen LogP contribution in [0.3, 0.4) is 0 Å². The minimum atomic E-state index is -0.817. The van der Waals surface area contributed by atoms with Crippen LogP contribution in [-0.4, -0.2) is 11.9 Å². The van der Waals surface area contributed by atoms with Crippen molar-refractivity contribution < 1.29 is 4.39 Å². The van der Waals surface area contributed by atoms with E-state index >= 15 is 0 Å². The first-order valence-electron chi connectivity index (χ1n) is 3.76. The van der Waals surface area contributed by atoms with E-state index in [9.17, 15) is 4.39 Å². The Morgan fingerprint density at radius 1 is 1.60 bits per heavy atom. The summed E-state index contributed by atoms with van der Waals surface area (Å²) in [7, 11) is 0. The summed E-state index contributed by atoms with van der Waals surface area (Å²) in [6, 6.07) is 0. The molecule has 0 saturated heterocycles. The molecular weight excluding hydrogens is 129 g/mol. The summed E-state index contributed by atoms with van der Waals surface area (Å²) in [5, 5.41) is 7.05. The number of alkyl halides is 1. The van der Waals surface area contributed by atoms with Crippen molar-refractivity contribution >= 4 is 5.71 Å². The fraction of sp³-hybridized carbons (Fsp3) is 0.875. The van der Waals surface area contributed by atoms with E-state index in [-0.39, 0.29) is 5.92 Å². The summed E-state index contributed by atoms with van der Waals surface area (Å²) in [5.74, 6) is 0.0975. The molecule has 0 rings (SSSR count). The zero-order valence-electron chi connectivity index (χ0n) is 6.95. The molecule has 60 valence electrons. The van der Waals surface area contributed by atoms with Crippen molar-refractivity contribution in [3.8, 4) is 0 Å². The predicted molar refractivity (Wildman–Crippen MR) is 42.4 cm³/mol. The fourth-order valence-electron chi connectivity index (χ4n) is 0.749. The summed E-state index contributed by atoms with van der Waals surface area (Å²) >= 11 is 0. The van der Waals surface area contributed by atoms with Gasteiger partial charge in [-0.15, -0.1) is 0 Å². The molecule has 2 atom stereocenters. The Bertz CT molecular complexity index is 112. The van der Waals surface area contributed by atoms with Gasteiger partial charge in [0.1, 0.15) is 6.17 Å². The molecule has 0 fully saturated rings. The van der Waals surface area contributed by atoms with Crippen LogP contribution in [-0.2, 0) is 0 Å². The fourth-order valence-corrected chi connectivity index (χ4v) is 0.749. The highest BCUT2D eigenvalue weighted by atomic mass is 19.1. The molecular formula is C8H16FN. The Kier molecular flexibility index (Phi) is 4.24. The maximum atomic E-state index is 12.9. The van der Waals surface area contributed by atoms with E-state index in [1.807, 2.05) is 13.8 Å². The lowest BCUT2D eigenvalue weighted by Crippen LogP contribution is -2.14. The van der Waals surface area contributed by atoms with Crippen LogP contribution in [0.4, 0.5) is 4.39 Å². The van der Waals surface area contributed by atoms with Crippen molar-refractivity contribution in [1.29, 1.82) is 5.41 Å². The van der Waals surface area contributed by atoms with Crippen molar-refractivity contribution in [2.75, 3.05) is 0 Å². The normalized spacial score (nSPS) is 16.4. The molecule has 1 N–H and O–H groups in total. The lowest BCUT2D eigenvalue weighted by Gasteiger charge is -2.13. The van der Waals surface area contributed by atoms with Gasteiger partial charge in [-0.2, -0.15) is 0 Å². The van der Waals surface area contributed by atoms with Crippen LogP contribution < -0.4 is 0 Å². The Labute approximate surface area is 62.1 Å². The van der Waals surface area contributed by atoms with Gasteiger partial charge >= 0.3 is 0 Å². The van der Waals surface area contributed by atoms with E-state index in [4.69, 9.17) is 5.41 Å². The van der Waals surface area contributed by atoms with Crippen molar-refractivity contribution in [2.24, 2.45) is 5.92 Å². The average molecular weight is 145 g/mol. The minimum absolute atomic E-state index is 0.0975. The molecule has 0 aliphatic carbocycles. The molecule has 0 aliphatic rings. The highest BCUT2D eigenvalue weighted by Gasteiger charge is 2.14. The average Bonchev–Trinajstić information content (AvgIpc) is 1.85. The first-order valence-corrected chi connectivity index (χ1v) is 3.76. The van der Waals surface area contributed by atoms with Crippen LogP contribution in [0.2, 0.25) is 0 Å². The second-order valence-electron chi connectivity index (χ2n) is 2.89. The molecule has 0 spiro atoms. The van der Waals surface area contributed by atoms with Gasteiger partial charge in [0.25, 0.3) is 0 Å². The quantitative estimate of drug-likeness (QED) is 0.588. The van der Waals surface area contributed by atoms with Crippen molar-refractivity contribution in [1.82, 2.24) is 0 Å². The SMILES string of the molecule is CCC(C)C(F)CC(C)=N. The van der Waals surface area contributed by atoms with E-state index < -0.39 is 6.17 Å². The Morgan fingerprint density at radius 3 is 2.40 bits per heavy atom. The lowest BCUT2D eigenvalue weighted by molar-refractivity contribution is 0.244. The third-order valence-electron chi connectivity index (χ3n) is 1.76. The zero-order chi connectivity index (χ0) is 8.15. The van der Waals surface area contributed by atoms with Crippen LogP contribution in [0.15, 0.2) is 0 Å². The molecule has 1 nitrogen and oxygen atoms in total. The van der Waals surface area contributed by atoms with E-state index in [1.54, 1.807) is 6.92 Å². The smallest absolute Gasteiger partial charge is 0.108 e. The van der Waals surface area contributed by atoms with Crippen LogP contribution in [0.1, 0.15) is 33.6 Å². The van der Waals surface area contributed by atoms with Crippen molar-refractivity contribution in [2.45, 2.75) is 39.8 Å². The molecule has 0 aliphatic heterocycles. The summed E-state index contributed by atoms with van der Waals surface area (Å²) in [5.41, 5.74) is 0.438. The van der Waals surface area contributed by atoms with Gasteiger partial charge in [-0.1, -0.05) is 20.3 Å². The van der Waals surface area contributed by atoms with E-state index in [0.717, 1.165) is 6.42 Å².